The predicted octanol–water partition coefficient (Wildman–Crippen LogP) is 1.07. The van der Waals surface area contributed by atoms with Crippen molar-refractivity contribution in [2.24, 2.45) is 0 Å². The first-order valence-electron chi connectivity index (χ1n) is 5.17. The van der Waals surface area contributed by atoms with Crippen molar-refractivity contribution in [3.05, 3.63) is 42.2 Å². The molecule has 2 aromatic heterocycles. The zero-order valence-electron chi connectivity index (χ0n) is 9.12. The lowest BCUT2D eigenvalue weighted by Crippen LogP contribution is -2.30. The van der Waals surface area contributed by atoms with E-state index in [1.54, 1.807) is 4.40 Å². The highest BCUT2D eigenvalue weighted by Gasteiger charge is 2.27. The fraction of sp³-hybridized carbons (Fsp3) is 0.0833. The fourth-order valence-electron chi connectivity index (χ4n) is 1.87. The van der Waals surface area contributed by atoms with Gasteiger partial charge in [0.15, 0.2) is 0 Å². The number of imidazole rings is 1. The third-order valence-electron chi connectivity index (χ3n) is 2.67. The summed E-state index contributed by atoms with van der Waals surface area (Å²) in [6, 6.07) is 3.77. The van der Waals surface area contributed by atoms with Crippen molar-refractivity contribution in [2.75, 3.05) is 4.90 Å². The number of anilines is 1. The zero-order chi connectivity index (χ0) is 12.0. The van der Waals surface area contributed by atoms with Crippen LogP contribution >= 0.6 is 0 Å². The maximum Gasteiger partial charge on any atom is 0.259 e. The molecule has 0 bridgehead atoms. The van der Waals surface area contributed by atoms with Gasteiger partial charge in [0.25, 0.3) is 11.8 Å². The Morgan fingerprint density at radius 1 is 1.12 bits per heavy atom. The van der Waals surface area contributed by atoms with Crippen LogP contribution in [0.15, 0.2) is 36.7 Å². The average Bonchev–Trinajstić information content (AvgIpc) is 2.83. The smallest absolute Gasteiger partial charge is 0.259 e. The van der Waals surface area contributed by atoms with Gasteiger partial charge in [0.2, 0.25) is 0 Å². The minimum absolute atomic E-state index is 0.335. The molecule has 2 aromatic rings. The number of carbonyl (C=O) groups excluding carboxylic acids is 2. The second kappa shape index (κ2) is 3.28. The fourth-order valence-corrected chi connectivity index (χ4v) is 1.87. The quantitative estimate of drug-likeness (QED) is 0.685. The predicted molar refractivity (Wildman–Crippen MR) is 61.6 cm³/mol. The lowest BCUT2D eigenvalue weighted by atomic mass is 10.3. The Labute approximate surface area is 97.0 Å². The Hall–Kier alpha value is -2.43. The molecule has 84 valence electrons. The standard InChI is InChI=1S/C12H9N3O2/c1-8-2-3-9-13-6-10(14(9)7-8)15-11(16)4-5-12(15)17/h2-7H,1H3. The highest BCUT2D eigenvalue weighted by molar-refractivity contribution is 6.27. The van der Waals surface area contributed by atoms with Crippen molar-refractivity contribution in [3.63, 3.8) is 0 Å². The molecule has 0 unspecified atom stereocenters. The minimum atomic E-state index is -0.335. The number of amides is 2. The molecular formula is C12H9N3O2. The SMILES string of the molecule is Cc1ccc2ncc(N3C(=O)C=CC3=O)n2c1. The molecule has 1 aliphatic rings. The van der Waals surface area contributed by atoms with Crippen LogP contribution in [0.25, 0.3) is 5.65 Å². The van der Waals surface area contributed by atoms with E-state index in [9.17, 15) is 9.59 Å². The summed E-state index contributed by atoms with van der Waals surface area (Å²) in [5, 5.41) is 0. The van der Waals surface area contributed by atoms with Gasteiger partial charge in [-0.05, 0) is 18.6 Å². The van der Waals surface area contributed by atoms with Crippen LogP contribution in [-0.2, 0) is 9.59 Å². The molecule has 0 aliphatic carbocycles. The van der Waals surface area contributed by atoms with Crippen molar-refractivity contribution in [2.45, 2.75) is 6.92 Å². The number of aromatic nitrogens is 2. The van der Waals surface area contributed by atoms with E-state index in [2.05, 4.69) is 4.98 Å². The Bertz CT molecular complexity index is 651. The second-order valence-electron chi connectivity index (χ2n) is 3.90. The molecule has 1 aliphatic heterocycles. The summed E-state index contributed by atoms with van der Waals surface area (Å²) >= 11 is 0. The van der Waals surface area contributed by atoms with E-state index in [0.29, 0.717) is 11.5 Å². The van der Waals surface area contributed by atoms with Crippen LogP contribution in [0.2, 0.25) is 0 Å². The Morgan fingerprint density at radius 3 is 2.53 bits per heavy atom. The van der Waals surface area contributed by atoms with Crippen molar-refractivity contribution >= 4 is 23.3 Å². The van der Waals surface area contributed by atoms with E-state index in [4.69, 9.17) is 0 Å². The largest absolute Gasteiger partial charge is 0.285 e. The topological polar surface area (TPSA) is 54.7 Å². The molecule has 0 saturated heterocycles. The van der Waals surface area contributed by atoms with E-state index < -0.39 is 0 Å². The average molecular weight is 227 g/mol. The van der Waals surface area contributed by atoms with Crippen LogP contribution in [0.3, 0.4) is 0 Å². The molecule has 0 radical (unpaired) electrons. The second-order valence-corrected chi connectivity index (χ2v) is 3.90. The molecule has 0 saturated carbocycles. The summed E-state index contributed by atoms with van der Waals surface area (Å²) < 4.78 is 1.73. The summed E-state index contributed by atoms with van der Waals surface area (Å²) in [4.78, 5) is 28.5. The maximum absolute atomic E-state index is 11.6. The normalized spacial score (nSPS) is 15.2. The van der Waals surface area contributed by atoms with Crippen LogP contribution in [0.1, 0.15) is 5.56 Å². The zero-order valence-corrected chi connectivity index (χ0v) is 9.12. The third-order valence-corrected chi connectivity index (χ3v) is 2.67. The summed E-state index contributed by atoms with van der Waals surface area (Å²) in [5.41, 5.74) is 1.74. The molecule has 0 fully saturated rings. The number of rotatable bonds is 1. The first-order valence-corrected chi connectivity index (χ1v) is 5.17. The van der Waals surface area contributed by atoms with E-state index in [0.717, 1.165) is 10.5 Å². The minimum Gasteiger partial charge on any atom is -0.285 e. The number of pyridine rings is 1. The van der Waals surface area contributed by atoms with E-state index >= 15 is 0 Å². The molecule has 17 heavy (non-hydrogen) atoms. The van der Waals surface area contributed by atoms with Crippen LogP contribution in [0, 0.1) is 6.92 Å². The molecule has 3 rings (SSSR count). The van der Waals surface area contributed by atoms with Gasteiger partial charge in [-0.2, -0.15) is 0 Å². The molecule has 0 atom stereocenters. The summed E-state index contributed by atoms with van der Waals surface area (Å²) in [6.45, 7) is 1.94. The molecule has 0 spiro atoms. The molecule has 5 heteroatoms. The number of imide groups is 1. The Balaban J connectivity index is 2.21. The van der Waals surface area contributed by atoms with Crippen molar-refractivity contribution in [1.29, 1.82) is 0 Å². The number of hydrogen-bond acceptors (Lipinski definition) is 3. The van der Waals surface area contributed by atoms with E-state index in [1.807, 2.05) is 25.3 Å². The van der Waals surface area contributed by atoms with Crippen molar-refractivity contribution in [1.82, 2.24) is 9.38 Å². The van der Waals surface area contributed by atoms with Crippen LogP contribution in [0.5, 0.6) is 0 Å². The van der Waals surface area contributed by atoms with Gasteiger partial charge in [0.05, 0.1) is 6.20 Å². The lowest BCUT2D eigenvalue weighted by Gasteiger charge is -2.12. The first-order chi connectivity index (χ1) is 8.16. The van der Waals surface area contributed by atoms with Crippen LogP contribution < -0.4 is 4.90 Å². The van der Waals surface area contributed by atoms with Crippen LogP contribution in [0.4, 0.5) is 5.82 Å². The van der Waals surface area contributed by atoms with Gasteiger partial charge in [0.1, 0.15) is 11.5 Å². The maximum atomic E-state index is 11.6. The molecule has 0 N–H and O–H groups in total. The summed E-state index contributed by atoms with van der Waals surface area (Å²) in [7, 11) is 0. The Morgan fingerprint density at radius 2 is 1.82 bits per heavy atom. The van der Waals surface area contributed by atoms with Crippen LogP contribution in [-0.4, -0.2) is 21.2 Å². The van der Waals surface area contributed by atoms with E-state index in [1.165, 1.54) is 18.3 Å². The van der Waals surface area contributed by atoms with Gasteiger partial charge in [-0.15, -0.1) is 0 Å². The summed E-state index contributed by atoms with van der Waals surface area (Å²) in [6.07, 6.45) is 5.89. The number of hydrogen-bond donors (Lipinski definition) is 0. The highest BCUT2D eigenvalue weighted by Crippen LogP contribution is 2.20. The van der Waals surface area contributed by atoms with E-state index in [-0.39, 0.29) is 11.8 Å². The van der Waals surface area contributed by atoms with Gasteiger partial charge in [-0.3, -0.25) is 14.0 Å². The number of fused-ring (bicyclic) bond motifs is 1. The molecule has 5 nitrogen and oxygen atoms in total. The first kappa shape index (κ1) is 9.77. The van der Waals surface area contributed by atoms with Gasteiger partial charge in [-0.1, -0.05) is 6.07 Å². The Kier molecular flexibility index (Phi) is 1.89. The highest BCUT2D eigenvalue weighted by atomic mass is 16.2. The molecular weight excluding hydrogens is 218 g/mol. The molecule has 3 heterocycles. The third kappa shape index (κ3) is 1.36. The van der Waals surface area contributed by atoms with Gasteiger partial charge < -0.3 is 0 Å². The number of aryl methyl sites for hydroxylation is 1. The van der Waals surface area contributed by atoms with Crippen molar-refractivity contribution < 1.29 is 9.59 Å². The molecule has 0 aromatic carbocycles. The molecule has 2 amide bonds. The number of carbonyl (C=O) groups is 2. The van der Waals surface area contributed by atoms with Gasteiger partial charge >= 0.3 is 0 Å². The van der Waals surface area contributed by atoms with Gasteiger partial charge in [-0.25, -0.2) is 9.88 Å². The summed E-state index contributed by atoms with van der Waals surface area (Å²) in [5.74, 6) is -0.194. The number of nitrogens with zero attached hydrogens (tertiary/aromatic N) is 3. The van der Waals surface area contributed by atoms with Gasteiger partial charge in [0, 0.05) is 18.3 Å². The lowest BCUT2D eigenvalue weighted by molar-refractivity contribution is -0.120. The monoisotopic (exact) mass is 227 g/mol. The van der Waals surface area contributed by atoms with Crippen molar-refractivity contribution in [3.8, 4) is 0 Å².